The molecule has 14 heavy (non-hydrogen) atoms. The topological polar surface area (TPSA) is 27.7 Å². The van der Waals surface area contributed by atoms with E-state index >= 15 is 0 Å². The van der Waals surface area contributed by atoms with E-state index in [0.29, 0.717) is 22.1 Å². The van der Waals surface area contributed by atoms with Gasteiger partial charge in [0, 0.05) is 17.0 Å². The van der Waals surface area contributed by atoms with Crippen molar-refractivity contribution in [3.8, 4) is 17.2 Å². The Labute approximate surface area is 86.5 Å². The maximum atomic E-state index is 12.4. The van der Waals surface area contributed by atoms with Crippen molar-refractivity contribution in [3.63, 3.8) is 0 Å². The molecular formula is C9H11FO3S. The van der Waals surface area contributed by atoms with E-state index in [4.69, 9.17) is 14.2 Å². The lowest BCUT2D eigenvalue weighted by Gasteiger charge is -2.12. The van der Waals surface area contributed by atoms with Crippen molar-refractivity contribution in [1.29, 1.82) is 0 Å². The Morgan fingerprint density at radius 3 is 1.79 bits per heavy atom. The van der Waals surface area contributed by atoms with Gasteiger partial charge in [-0.3, -0.25) is 0 Å². The Hall–Kier alpha value is -1.10. The van der Waals surface area contributed by atoms with Crippen LogP contribution in [0.1, 0.15) is 0 Å². The van der Waals surface area contributed by atoms with Crippen molar-refractivity contribution in [3.05, 3.63) is 12.1 Å². The molecule has 0 radical (unpaired) electrons. The summed E-state index contributed by atoms with van der Waals surface area (Å²) < 4.78 is 27.5. The third-order valence-electron chi connectivity index (χ3n) is 1.73. The molecule has 0 aliphatic carbocycles. The van der Waals surface area contributed by atoms with Crippen LogP contribution in [0.3, 0.4) is 0 Å². The standard InChI is InChI=1S/C9H11FO3S/c1-11-7-4-6(14-10)5-8(12-2)9(7)13-3/h4-5H,1-3H3. The van der Waals surface area contributed by atoms with Gasteiger partial charge in [0.15, 0.2) is 11.5 Å². The second kappa shape index (κ2) is 4.95. The molecule has 0 heterocycles. The van der Waals surface area contributed by atoms with E-state index in [0.717, 1.165) is 0 Å². The van der Waals surface area contributed by atoms with Crippen LogP contribution in [0, 0.1) is 0 Å². The monoisotopic (exact) mass is 218 g/mol. The number of halogens is 1. The molecule has 0 spiro atoms. The normalized spacial score (nSPS) is 9.71. The Morgan fingerprint density at radius 2 is 1.50 bits per heavy atom. The highest BCUT2D eigenvalue weighted by molar-refractivity contribution is 7.94. The van der Waals surface area contributed by atoms with Crippen molar-refractivity contribution in [2.24, 2.45) is 0 Å². The SMILES string of the molecule is COc1cc(SF)cc(OC)c1OC. The lowest BCUT2D eigenvalue weighted by atomic mass is 10.3. The van der Waals surface area contributed by atoms with E-state index < -0.39 is 0 Å². The molecule has 0 unspecified atom stereocenters. The largest absolute Gasteiger partial charge is 0.493 e. The molecule has 78 valence electrons. The highest BCUT2D eigenvalue weighted by Crippen LogP contribution is 2.40. The average Bonchev–Trinajstić information content (AvgIpc) is 2.26. The minimum atomic E-state index is 0.132. The predicted molar refractivity (Wildman–Crippen MR) is 53.1 cm³/mol. The van der Waals surface area contributed by atoms with Crippen LogP contribution in [-0.2, 0) is 0 Å². The zero-order valence-corrected chi connectivity index (χ0v) is 8.98. The number of rotatable bonds is 4. The molecule has 3 nitrogen and oxygen atoms in total. The lowest BCUT2D eigenvalue weighted by Crippen LogP contribution is -1.94. The van der Waals surface area contributed by atoms with Crippen molar-refractivity contribution >= 4 is 12.1 Å². The summed E-state index contributed by atoms with van der Waals surface area (Å²) in [6.45, 7) is 0. The fraction of sp³-hybridized carbons (Fsp3) is 0.333. The Bertz CT molecular complexity index is 292. The molecule has 0 saturated heterocycles. The Balaban J connectivity index is 3.24. The summed E-state index contributed by atoms with van der Waals surface area (Å²) in [5.41, 5.74) is 0. The van der Waals surface area contributed by atoms with Gasteiger partial charge in [-0.2, -0.15) is 3.89 Å². The van der Waals surface area contributed by atoms with Gasteiger partial charge >= 0.3 is 0 Å². The number of ether oxygens (including phenoxy) is 3. The molecule has 0 amide bonds. The van der Waals surface area contributed by atoms with Crippen LogP contribution in [0.25, 0.3) is 0 Å². The summed E-state index contributed by atoms with van der Waals surface area (Å²) in [6.07, 6.45) is 0. The highest BCUT2D eigenvalue weighted by Gasteiger charge is 2.13. The Kier molecular flexibility index (Phi) is 3.88. The molecule has 0 saturated carbocycles. The molecule has 0 aliphatic heterocycles. The molecule has 0 fully saturated rings. The predicted octanol–water partition coefficient (Wildman–Crippen LogP) is 2.69. The molecule has 0 N–H and O–H groups in total. The molecule has 1 aromatic rings. The Morgan fingerprint density at radius 1 is 1.00 bits per heavy atom. The van der Waals surface area contributed by atoms with Crippen molar-refractivity contribution < 1.29 is 18.1 Å². The maximum Gasteiger partial charge on any atom is 0.203 e. The van der Waals surface area contributed by atoms with Crippen molar-refractivity contribution in [2.75, 3.05) is 21.3 Å². The first kappa shape index (κ1) is 11.0. The van der Waals surface area contributed by atoms with Crippen LogP contribution in [0.2, 0.25) is 0 Å². The number of hydrogen-bond acceptors (Lipinski definition) is 4. The average molecular weight is 218 g/mol. The quantitative estimate of drug-likeness (QED) is 0.776. The summed E-state index contributed by atoms with van der Waals surface area (Å²) in [7, 11) is 4.48. The zero-order valence-electron chi connectivity index (χ0n) is 8.17. The van der Waals surface area contributed by atoms with Crippen LogP contribution in [0.4, 0.5) is 3.89 Å². The summed E-state index contributed by atoms with van der Waals surface area (Å²) >= 11 is 0.132. The van der Waals surface area contributed by atoms with Crippen LogP contribution >= 0.6 is 12.1 Å². The second-order valence-corrected chi connectivity index (χ2v) is 3.06. The summed E-state index contributed by atoms with van der Waals surface area (Å²) in [4.78, 5) is 0.416. The van der Waals surface area contributed by atoms with E-state index in [2.05, 4.69) is 0 Å². The van der Waals surface area contributed by atoms with Crippen molar-refractivity contribution in [1.82, 2.24) is 0 Å². The molecule has 1 rings (SSSR count). The minimum absolute atomic E-state index is 0.132. The van der Waals surface area contributed by atoms with E-state index in [1.807, 2.05) is 0 Å². The lowest BCUT2D eigenvalue weighted by molar-refractivity contribution is 0.323. The van der Waals surface area contributed by atoms with Crippen molar-refractivity contribution in [2.45, 2.75) is 4.90 Å². The van der Waals surface area contributed by atoms with Crippen LogP contribution in [0.15, 0.2) is 17.0 Å². The summed E-state index contributed by atoms with van der Waals surface area (Å²) in [5.74, 6) is 1.37. The van der Waals surface area contributed by atoms with E-state index in [9.17, 15) is 3.89 Å². The molecule has 1 aromatic carbocycles. The van der Waals surface area contributed by atoms with Gasteiger partial charge in [0.05, 0.1) is 33.5 Å². The first-order chi connectivity index (χ1) is 6.76. The molecule has 0 atom stereocenters. The van der Waals surface area contributed by atoms with Gasteiger partial charge in [0.1, 0.15) is 0 Å². The van der Waals surface area contributed by atoms with Gasteiger partial charge in [-0.05, 0) is 0 Å². The third-order valence-corrected chi connectivity index (χ3v) is 2.14. The first-order valence-corrected chi connectivity index (χ1v) is 4.57. The minimum Gasteiger partial charge on any atom is -0.493 e. The second-order valence-electron chi connectivity index (χ2n) is 2.44. The summed E-state index contributed by atoms with van der Waals surface area (Å²) in [6, 6.07) is 3.10. The molecule has 0 aromatic heterocycles. The zero-order chi connectivity index (χ0) is 10.6. The number of hydrogen-bond donors (Lipinski definition) is 0. The van der Waals surface area contributed by atoms with Gasteiger partial charge in [0.2, 0.25) is 5.75 Å². The third kappa shape index (κ3) is 2.04. The van der Waals surface area contributed by atoms with Gasteiger partial charge < -0.3 is 14.2 Å². The van der Waals surface area contributed by atoms with Gasteiger partial charge in [-0.25, -0.2) is 0 Å². The molecular weight excluding hydrogens is 207 g/mol. The van der Waals surface area contributed by atoms with Crippen LogP contribution in [-0.4, -0.2) is 21.3 Å². The van der Waals surface area contributed by atoms with E-state index in [-0.39, 0.29) is 12.1 Å². The van der Waals surface area contributed by atoms with E-state index in [1.54, 1.807) is 12.1 Å². The molecule has 5 heteroatoms. The fourth-order valence-corrected chi connectivity index (χ4v) is 1.40. The molecule has 0 bridgehead atoms. The van der Waals surface area contributed by atoms with Gasteiger partial charge in [0.25, 0.3) is 0 Å². The van der Waals surface area contributed by atoms with Crippen LogP contribution < -0.4 is 14.2 Å². The highest BCUT2D eigenvalue weighted by atomic mass is 32.2. The first-order valence-electron chi connectivity index (χ1n) is 3.85. The smallest absolute Gasteiger partial charge is 0.203 e. The maximum absolute atomic E-state index is 12.4. The number of benzene rings is 1. The summed E-state index contributed by atoms with van der Waals surface area (Å²) in [5, 5.41) is 0. The number of methoxy groups -OCH3 is 3. The van der Waals surface area contributed by atoms with E-state index in [1.165, 1.54) is 21.3 Å². The molecule has 0 aliphatic rings. The fourth-order valence-electron chi connectivity index (χ4n) is 1.10. The van der Waals surface area contributed by atoms with Gasteiger partial charge in [-0.1, -0.05) is 0 Å². The van der Waals surface area contributed by atoms with Gasteiger partial charge in [-0.15, -0.1) is 0 Å². The van der Waals surface area contributed by atoms with Crippen LogP contribution in [0.5, 0.6) is 17.2 Å².